The number of guanidine groups is 1. The maximum atomic E-state index is 12.1. The van der Waals surface area contributed by atoms with Crippen LogP contribution in [0.5, 0.6) is 0 Å². The highest BCUT2D eigenvalue weighted by Crippen LogP contribution is 2.29. The molecule has 0 aliphatic carbocycles. The highest BCUT2D eigenvalue weighted by Gasteiger charge is 2.17. The molecule has 11 heteroatoms. The van der Waals surface area contributed by atoms with Crippen molar-refractivity contribution >= 4 is 39.6 Å². The van der Waals surface area contributed by atoms with Crippen LogP contribution in [0.3, 0.4) is 0 Å². The first-order chi connectivity index (χ1) is 16.9. The molecule has 190 valence electrons. The van der Waals surface area contributed by atoms with Crippen LogP contribution in [0.1, 0.15) is 38.4 Å². The van der Waals surface area contributed by atoms with Crippen molar-refractivity contribution in [3.05, 3.63) is 30.1 Å². The lowest BCUT2D eigenvalue weighted by Gasteiger charge is -2.13. The number of carbonyl (C=O) groups excluding carboxylic acids is 1. The number of ether oxygens (including phenoxy) is 1. The van der Waals surface area contributed by atoms with E-state index in [0.29, 0.717) is 51.5 Å². The molecule has 11 nitrogen and oxygen atoms in total. The van der Waals surface area contributed by atoms with Crippen molar-refractivity contribution in [3.8, 4) is 0 Å². The summed E-state index contributed by atoms with van der Waals surface area (Å²) >= 11 is 0. The van der Waals surface area contributed by atoms with E-state index in [9.17, 15) is 4.79 Å². The van der Waals surface area contributed by atoms with E-state index in [-0.39, 0.29) is 11.9 Å². The Kier molecular flexibility index (Phi) is 9.62. The van der Waals surface area contributed by atoms with E-state index in [0.717, 1.165) is 47.0 Å². The third-order valence-electron chi connectivity index (χ3n) is 5.75. The van der Waals surface area contributed by atoms with E-state index in [1.807, 2.05) is 24.3 Å². The van der Waals surface area contributed by atoms with Crippen LogP contribution in [0.2, 0.25) is 0 Å². The molecule has 0 spiro atoms. The van der Waals surface area contributed by atoms with Crippen molar-refractivity contribution in [1.29, 1.82) is 0 Å². The van der Waals surface area contributed by atoms with E-state index in [1.54, 1.807) is 0 Å². The second-order valence-corrected chi connectivity index (χ2v) is 8.45. The Morgan fingerprint density at radius 3 is 2.77 bits per heavy atom. The van der Waals surface area contributed by atoms with Crippen molar-refractivity contribution in [3.63, 3.8) is 0 Å². The topological polar surface area (TPSA) is 185 Å². The molecule has 0 saturated heterocycles. The summed E-state index contributed by atoms with van der Waals surface area (Å²) < 4.78 is 8.01. The summed E-state index contributed by atoms with van der Waals surface area (Å²) in [6.07, 6.45) is 4.11. The highest BCUT2D eigenvalue weighted by atomic mass is 16.5. The number of carbonyl (C=O) groups is 1. The molecule has 0 aliphatic heterocycles. The maximum Gasteiger partial charge on any atom is 0.236 e. The molecule has 9 N–H and O–H groups in total. The van der Waals surface area contributed by atoms with Gasteiger partial charge in [0.25, 0.3) is 0 Å². The minimum absolute atomic E-state index is 0.0367. The Bertz CT molecular complexity index is 1150. The van der Waals surface area contributed by atoms with Gasteiger partial charge in [0, 0.05) is 31.4 Å². The predicted octanol–water partition coefficient (Wildman–Crippen LogP) is 1.02. The average molecular weight is 484 g/mol. The van der Waals surface area contributed by atoms with Gasteiger partial charge in [-0.25, -0.2) is 9.97 Å². The van der Waals surface area contributed by atoms with E-state index < -0.39 is 6.04 Å². The number of anilines is 1. The first-order valence-electron chi connectivity index (χ1n) is 12.1. The Morgan fingerprint density at radius 2 is 2.00 bits per heavy atom. The smallest absolute Gasteiger partial charge is 0.236 e. The van der Waals surface area contributed by atoms with Crippen molar-refractivity contribution in [2.75, 3.05) is 32.0 Å². The summed E-state index contributed by atoms with van der Waals surface area (Å²) in [6.45, 7) is 4.47. The number of nitrogens with zero attached hydrogens (tertiary/aromatic N) is 4. The molecule has 3 aromatic rings. The summed E-state index contributed by atoms with van der Waals surface area (Å²) in [4.78, 5) is 25.4. The van der Waals surface area contributed by atoms with Gasteiger partial charge in [0.2, 0.25) is 5.91 Å². The van der Waals surface area contributed by atoms with E-state index in [2.05, 4.69) is 26.8 Å². The summed E-state index contributed by atoms with van der Waals surface area (Å²) in [6, 6.07) is 7.34. The number of aryl methyl sites for hydroxylation is 1. The molecule has 1 atom stereocenters. The fourth-order valence-corrected chi connectivity index (χ4v) is 3.96. The zero-order valence-electron chi connectivity index (χ0n) is 20.4. The number of para-hydroxylation sites is 1. The van der Waals surface area contributed by atoms with Crippen molar-refractivity contribution < 1.29 is 9.53 Å². The number of hydrogen-bond acceptors (Lipinski definition) is 7. The SMILES string of the molecule is CCCCc1nc2c(N)nc3ccccc3c2n1CCOCCNC(=O)C(N)CCCN=C(N)N. The number of hydrogen-bond donors (Lipinski definition) is 5. The third-order valence-corrected chi connectivity index (χ3v) is 5.75. The summed E-state index contributed by atoms with van der Waals surface area (Å²) in [5.41, 5.74) is 25.3. The molecule has 0 saturated carbocycles. The van der Waals surface area contributed by atoms with Crippen molar-refractivity contribution in [1.82, 2.24) is 19.9 Å². The second kappa shape index (κ2) is 12.9. The van der Waals surface area contributed by atoms with Gasteiger partial charge in [-0.1, -0.05) is 31.5 Å². The molecule has 0 radical (unpaired) electrons. The molecule has 0 aliphatic rings. The molecule has 35 heavy (non-hydrogen) atoms. The molecule has 2 aromatic heterocycles. The molecule has 0 bridgehead atoms. The van der Waals surface area contributed by atoms with Gasteiger partial charge in [0.05, 0.1) is 30.3 Å². The quantitative estimate of drug-likeness (QED) is 0.128. The molecule has 2 heterocycles. The number of nitrogen functional groups attached to an aromatic ring is 1. The van der Waals surface area contributed by atoms with Gasteiger partial charge in [-0.15, -0.1) is 0 Å². The Balaban J connectivity index is 1.55. The number of aromatic nitrogens is 3. The highest BCUT2D eigenvalue weighted by molar-refractivity contribution is 6.06. The first kappa shape index (κ1) is 26.2. The van der Waals surface area contributed by atoms with Crippen LogP contribution in [0, 0.1) is 0 Å². The molecule has 1 unspecified atom stereocenters. The lowest BCUT2D eigenvalue weighted by Crippen LogP contribution is -2.41. The Labute approximate surface area is 205 Å². The number of imidazole rings is 1. The van der Waals surface area contributed by atoms with Gasteiger partial charge in [-0.3, -0.25) is 9.79 Å². The van der Waals surface area contributed by atoms with Crippen LogP contribution < -0.4 is 28.3 Å². The number of aliphatic imine (C=N–C) groups is 1. The van der Waals surface area contributed by atoms with Crippen LogP contribution in [0.15, 0.2) is 29.3 Å². The number of nitrogens with one attached hydrogen (secondary N) is 1. The van der Waals surface area contributed by atoms with Crippen LogP contribution >= 0.6 is 0 Å². The number of rotatable bonds is 14. The van der Waals surface area contributed by atoms with E-state index >= 15 is 0 Å². The summed E-state index contributed by atoms with van der Waals surface area (Å²) in [7, 11) is 0. The largest absolute Gasteiger partial charge is 0.382 e. The number of unbranched alkanes of at least 4 members (excludes halogenated alkanes) is 1. The zero-order chi connectivity index (χ0) is 25.2. The number of pyridine rings is 1. The van der Waals surface area contributed by atoms with Crippen molar-refractivity contribution in [2.45, 2.75) is 51.6 Å². The summed E-state index contributed by atoms with van der Waals surface area (Å²) in [5.74, 6) is 1.24. The fraction of sp³-hybridized carbons (Fsp3) is 0.500. The van der Waals surface area contributed by atoms with E-state index in [4.69, 9.17) is 32.7 Å². The standard InChI is InChI=1S/C24H37N9O2/c1-2-3-10-19-32-20-21(16-7-4-5-9-18(16)31-22(20)26)33(19)13-15-35-14-12-29-23(34)17(25)8-6-11-30-24(27)28/h4-5,7,9,17H,2-3,6,8,10-15,25H2,1H3,(H2,26,31)(H,29,34)(H4,27,28,30). The molecular formula is C24H37N9O2. The van der Waals surface area contributed by atoms with Gasteiger partial charge in [-0.2, -0.15) is 0 Å². The monoisotopic (exact) mass is 483 g/mol. The molecule has 1 amide bonds. The average Bonchev–Trinajstić information content (AvgIpc) is 3.21. The molecule has 3 rings (SSSR count). The van der Waals surface area contributed by atoms with Crippen LogP contribution in [-0.4, -0.2) is 58.7 Å². The number of nitrogens with two attached hydrogens (primary N) is 4. The normalized spacial score (nSPS) is 12.2. The van der Waals surface area contributed by atoms with Crippen LogP contribution in [-0.2, 0) is 22.5 Å². The first-order valence-corrected chi connectivity index (χ1v) is 12.1. The summed E-state index contributed by atoms with van der Waals surface area (Å²) in [5, 5.41) is 3.83. The molecular weight excluding hydrogens is 446 g/mol. The van der Waals surface area contributed by atoms with Gasteiger partial charge >= 0.3 is 0 Å². The Hall–Kier alpha value is -3.44. The third kappa shape index (κ3) is 7.03. The van der Waals surface area contributed by atoms with Crippen molar-refractivity contribution in [2.24, 2.45) is 22.2 Å². The lowest BCUT2D eigenvalue weighted by atomic mass is 10.1. The van der Waals surface area contributed by atoms with Gasteiger partial charge < -0.3 is 37.6 Å². The second-order valence-electron chi connectivity index (χ2n) is 8.45. The van der Waals surface area contributed by atoms with Gasteiger partial charge in [0.1, 0.15) is 11.3 Å². The Morgan fingerprint density at radius 1 is 1.20 bits per heavy atom. The van der Waals surface area contributed by atoms with Crippen LogP contribution in [0.25, 0.3) is 21.9 Å². The predicted molar refractivity (Wildman–Crippen MR) is 140 cm³/mol. The fourth-order valence-electron chi connectivity index (χ4n) is 3.96. The number of benzene rings is 1. The number of fused-ring (bicyclic) bond motifs is 3. The van der Waals surface area contributed by atoms with Gasteiger partial charge in [-0.05, 0) is 25.3 Å². The minimum atomic E-state index is -0.602. The molecule has 0 fully saturated rings. The number of amides is 1. The lowest BCUT2D eigenvalue weighted by molar-refractivity contribution is -0.122. The minimum Gasteiger partial charge on any atom is -0.382 e. The molecule has 1 aromatic carbocycles. The van der Waals surface area contributed by atoms with Gasteiger partial charge in [0.15, 0.2) is 11.8 Å². The maximum absolute atomic E-state index is 12.1. The van der Waals surface area contributed by atoms with E-state index in [1.165, 1.54) is 0 Å². The van der Waals surface area contributed by atoms with Crippen LogP contribution in [0.4, 0.5) is 5.82 Å². The zero-order valence-corrected chi connectivity index (χ0v) is 20.4.